The summed E-state index contributed by atoms with van der Waals surface area (Å²) in [4.78, 5) is 20.8. The van der Waals surface area contributed by atoms with Crippen LogP contribution in [-0.2, 0) is 16.5 Å². The summed E-state index contributed by atoms with van der Waals surface area (Å²) >= 11 is 0. The van der Waals surface area contributed by atoms with E-state index in [9.17, 15) is 13.2 Å². The Kier molecular flexibility index (Phi) is 5.23. The molecule has 0 radical (unpaired) electrons. The highest BCUT2D eigenvalue weighted by Gasteiger charge is 2.15. The molecule has 26 heavy (non-hydrogen) atoms. The van der Waals surface area contributed by atoms with Gasteiger partial charge in [-0.05, 0) is 17.7 Å². The molecule has 0 aliphatic rings. The van der Waals surface area contributed by atoms with Gasteiger partial charge >= 0.3 is 0 Å². The number of rotatable bonds is 5. The number of carbonyl (C=O) groups excluding carboxylic acids is 1. The molecule has 0 fully saturated rings. The topological polar surface area (TPSA) is 115 Å². The predicted octanol–water partition coefficient (Wildman–Crippen LogP) is 2.09. The first-order chi connectivity index (χ1) is 12.5. The summed E-state index contributed by atoms with van der Waals surface area (Å²) in [7, 11) is -2.48. The largest absolute Gasteiger partial charge is 0.382 e. The van der Waals surface area contributed by atoms with E-state index in [4.69, 9.17) is 5.73 Å². The van der Waals surface area contributed by atoms with Crippen molar-refractivity contribution in [3.05, 3.63) is 72.1 Å². The second kappa shape index (κ2) is 7.75. The second-order valence-corrected chi connectivity index (χ2v) is 6.48. The number of aromatic nitrogens is 2. The molecule has 0 aliphatic carbocycles. The molecular formula is C18H16N4O3S. The molecule has 0 spiro atoms. The molecule has 0 aliphatic heterocycles. The Labute approximate surface area is 151 Å². The van der Waals surface area contributed by atoms with E-state index >= 15 is 0 Å². The van der Waals surface area contributed by atoms with Gasteiger partial charge in [0.1, 0.15) is 10.7 Å². The highest BCUT2D eigenvalue weighted by Crippen LogP contribution is 2.20. The normalized spacial score (nSPS) is 10.7. The maximum atomic E-state index is 12.4. The Morgan fingerprint density at radius 2 is 1.73 bits per heavy atom. The molecule has 1 amide bonds. The highest BCUT2D eigenvalue weighted by molar-refractivity contribution is 7.71. The monoisotopic (exact) mass is 368 g/mol. The molecule has 3 aromatic rings. The van der Waals surface area contributed by atoms with Crippen molar-refractivity contribution in [3.63, 3.8) is 0 Å². The third kappa shape index (κ3) is 4.22. The molecule has 2 aromatic carbocycles. The molecule has 7 nitrogen and oxygen atoms in total. The van der Waals surface area contributed by atoms with Gasteiger partial charge in [0.05, 0.1) is 17.6 Å². The Balaban J connectivity index is 1.86. The number of nitrogen functional groups attached to an aromatic ring is 1. The number of nitrogens with two attached hydrogens (primary N) is 1. The van der Waals surface area contributed by atoms with Gasteiger partial charge in [-0.2, -0.15) is 0 Å². The maximum Gasteiger partial charge on any atom is 0.278 e. The average Bonchev–Trinajstić information content (AvgIpc) is 2.63. The van der Waals surface area contributed by atoms with Crippen LogP contribution in [0.1, 0.15) is 16.1 Å². The standard InChI is InChI=1S/C18H16N4O3S/c19-17-16(18(23)21-14-4-2-1-3-5-14)22-15(10-20-17)13-8-6-12(7-9-13)11-26(24)25/h1-10,26H,11H2,(H2,19,20)(H,21,23). The Hall–Kier alpha value is -3.26. The van der Waals surface area contributed by atoms with E-state index in [1.165, 1.54) is 6.20 Å². The lowest BCUT2D eigenvalue weighted by Crippen LogP contribution is -2.17. The van der Waals surface area contributed by atoms with E-state index in [1.54, 1.807) is 48.5 Å². The summed E-state index contributed by atoms with van der Waals surface area (Å²) in [6.07, 6.45) is 1.47. The predicted molar refractivity (Wildman–Crippen MR) is 100 cm³/mol. The zero-order valence-corrected chi connectivity index (χ0v) is 14.5. The van der Waals surface area contributed by atoms with Crippen LogP contribution >= 0.6 is 0 Å². The summed E-state index contributed by atoms with van der Waals surface area (Å²) in [6, 6.07) is 15.8. The molecule has 132 valence electrons. The number of amides is 1. The van der Waals surface area contributed by atoms with Gasteiger partial charge in [-0.25, -0.2) is 18.4 Å². The van der Waals surface area contributed by atoms with Crippen molar-refractivity contribution in [1.29, 1.82) is 0 Å². The lowest BCUT2D eigenvalue weighted by atomic mass is 10.1. The van der Waals surface area contributed by atoms with Gasteiger partial charge in [-0.15, -0.1) is 0 Å². The van der Waals surface area contributed by atoms with Crippen LogP contribution < -0.4 is 11.1 Å². The van der Waals surface area contributed by atoms with E-state index < -0.39 is 16.6 Å². The van der Waals surface area contributed by atoms with Crippen LogP contribution in [0.15, 0.2) is 60.8 Å². The van der Waals surface area contributed by atoms with Gasteiger partial charge in [0.25, 0.3) is 5.91 Å². The van der Waals surface area contributed by atoms with Crippen LogP contribution in [-0.4, -0.2) is 24.3 Å². The van der Waals surface area contributed by atoms with E-state index in [0.717, 1.165) is 0 Å². The summed E-state index contributed by atoms with van der Waals surface area (Å²) in [5.41, 5.74) is 8.30. The van der Waals surface area contributed by atoms with Crippen LogP contribution in [0.5, 0.6) is 0 Å². The number of thiol groups is 1. The van der Waals surface area contributed by atoms with Crippen LogP contribution in [0.3, 0.4) is 0 Å². The van der Waals surface area contributed by atoms with Crippen LogP contribution in [0.25, 0.3) is 11.3 Å². The minimum absolute atomic E-state index is 0.0201. The van der Waals surface area contributed by atoms with Crippen molar-refractivity contribution in [2.24, 2.45) is 0 Å². The second-order valence-electron chi connectivity index (χ2n) is 5.50. The van der Waals surface area contributed by atoms with Crippen LogP contribution in [0.4, 0.5) is 11.5 Å². The highest BCUT2D eigenvalue weighted by atomic mass is 32.2. The third-order valence-electron chi connectivity index (χ3n) is 3.61. The van der Waals surface area contributed by atoms with E-state index in [1.807, 2.05) is 6.07 Å². The molecular weight excluding hydrogens is 352 g/mol. The number of carbonyl (C=O) groups is 1. The number of nitrogens with zero attached hydrogens (tertiary/aromatic N) is 2. The van der Waals surface area contributed by atoms with Crippen LogP contribution in [0, 0.1) is 0 Å². The molecule has 0 saturated carbocycles. The summed E-state index contributed by atoms with van der Waals surface area (Å²) in [6.45, 7) is 0. The minimum Gasteiger partial charge on any atom is -0.382 e. The van der Waals surface area contributed by atoms with E-state index in [2.05, 4.69) is 15.3 Å². The molecule has 1 aromatic heterocycles. The first-order valence-electron chi connectivity index (χ1n) is 7.73. The molecule has 0 bridgehead atoms. The van der Waals surface area contributed by atoms with E-state index in [0.29, 0.717) is 22.5 Å². The fourth-order valence-corrected chi connectivity index (χ4v) is 2.86. The first-order valence-corrected chi connectivity index (χ1v) is 9.09. The van der Waals surface area contributed by atoms with Gasteiger partial charge in [0.2, 0.25) is 0 Å². The fourth-order valence-electron chi connectivity index (χ4n) is 2.35. The van der Waals surface area contributed by atoms with Crippen molar-refractivity contribution in [2.75, 3.05) is 11.1 Å². The smallest absolute Gasteiger partial charge is 0.278 e. The number of nitrogens with one attached hydrogen (secondary N) is 1. The molecule has 0 unspecified atom stereocenters. The maximum absolute atomic E-state index is 12.4. The molecule has 8 heteroatoms. The molecule has 1 heterocycles. The minimum atomic E-state index is -2.48. The number of para-hydroxylation sites is 1. The Morgan fingerprint density at radius 1 is 1.04 bits per heavy atom. The number of hydrogen-bond donors (Lipinski definition) is 3. The Bertz CT molecular complexity index is 995. The van der Waals surface area contributed by atoms with Crippen molar-refractivity contribution in [1.82, 2.24) is 9.97 Å². The van der Waals surface area contributed by atoms with Gasteiger partial charge in [-0.3, -0.25) is 4.79 Å². The Morgan fingerprint density at radius 3 is 2.38 bits per heavy atom. The summed E-state index contributed by atoms with van der Waals surface area (Å²) in [5.74, 6) is -0.446. The van der Waals surface area contributed by atoms with Gasteiger partial charge in [0, 0.05) is 11.3 Å². The molecule has 3 N–H and O–H groups in total. The lowest BCUT2D eigenvalue weighted by Gasteiger charge is -2.08. The lowest BCUT2D eigenvalue weighted by molar-refractivity contribution is 0.102. The third-order valence-corrected chi connectivity index (χ3v) is 4.23. The van der Waals surface area contributed by atoms with Crippen molar-refractivity contribution in [2.45, 2.75) is 5.75 Å². The summed E-state index contributed by atoms with van der Waals surface area (Å²) in [5, 5.41) is 2.72. The van der Waals surface area contributed by atoms with Gasteiger partial charge < -0.3 is 11.1 Å². The first kappa shape index (κ1) is 17.6. The fraction of sp³-hybridized carbons (Fsp3) is 0.0556. The summed E-state index contributed by atoms with van der Waals surface area (Å²) < 4.78 is 21.6. The SMILES string of the molecule is Nc1ncc(-c2ccc(C[SH](=O)=O)cc2)nc1C(=O)Nc1ccccc1. The number of benzene rings is 2. The van der Waals surface area contributed by atoms with Crippen molar-refractivity contribution < 1.29 is 13.2 Å². The molecule has 0 atom stereocenters. The van der Waals surface area contributed by atoms with Crippen molar-refractivity contribution in [3.8, 4) is 11.3 Å². The number of anilines is 2. The molecule has 0 saturated heterocycles. The van der Waals surface area contributed by atoms with Gasteiger partial charge in [0.15, 0.2) is 11.5 Å². The van der Waals surface area contributed by atoms with Crippen LogP contribution in [0.2, 0.25) is 0 Å². The van der Waals surface area contributed by atoms with Gasteiger partial charge in [-0.1, -0.05) is 42.5 Å². The zero-order chi connectivity index (χ0) is 18.5. The van der Waals surface area contributed by atoms with E-state index in [-0.39, 0.29) is 17.3 Å². The zero-order valence-electron chi connectivity index (χ0n) is 13.6. The average molecular weight is 368 g/mol. The quantitative estimate of drug-likeness (QED) is 0.594. The molecule has 3 rings (SSSR count). The van der Waals surface area contributed by atoms with Crippen molar-refractivity contribution >= 4 is 28.1 Å². The number of hydrogen-bond acceptors (Lipinski definition) is 6.